The van der Waals surface area contributed by atoms with Crippen LogP contribution in [0.25, 0.3) is 0 Å². The predicted octanol–water partition coefficient (Wildman–Crippen LogP) is 4.52. The van der Waals surface area contributed by atoms with Crippen LogP contribution in [-0.4, -0.2) is 31.1 Å². The van der Waals surface area contributed by atoms with E-state index in [-0.39, 0.29) is 6.04 Å². The lowest BCUT2D eigenvalue weighted by atomic mass is 10.0. The minimum atomic E-state index is 0.285. The first-order valence-corrected chi connectivity index (χ1v) is 8.37. The van der Waals surface area contributed by atoms with Gasteiger partial charge >= 0.3 is 0 Å². The maximum Gasteiger partial charge on any atom is 0.0640 e. The fourth-order valence-corrected chi connectivity index (χ4v) is 3.34. The van der Waals surface area contributed by atoms with Crippen LogP contribution in [0.2, 0.25) is 10.0 Å². The summed E-state index contributed by atoms with van der Waals surface area (Å²) in [7, 11) is 0. The molecule has 0 amide bonds. The van der Waals surface area contributed by atoms with Gasteiger partial charge in [-0.15, -0.1) is 0 Å². The smallest absolute Gasteiger partial charge is 0.0640 e. The van der Waals surface area contributed by atoms with E-state index in [9.17, 15) is 0 Å². The highest BCUT2D eigenvalue weighted by Crippen LogP contribution is 2.31. The Bertz CT molecular complexity index is 417. The molecule has 112 valence electrons. The summed E-state index contributed by atoms with van der Waals surface area (Å²) < 4.78 is 0. The third-order valence-corrected chi connectivity index (χ3v) is 4.82. The first-order valence-electron chi connectivity index (χ1n) is 7.62. The fraction of sp³-hybridized carbons (Fsp3) is 0.625. The van der Waals surface area contributed by atoms with E-state index in [2.05, 4.69) is 23.2 Å². The van der Waals surface area contributed by atoms with Crippen molar-refractivity contribution in [2.45, 2.75) is 38.6 Å². The Kier molecular flexibility index (Phi) is 6.63. The largest absolute Gasteiger partial charge is 0.310 e. The summed E-state index contributed by atoms with van der Waals surface area (Å²) in [6.07, 6.45) is 5.13. The van der Waals surface area contributed by atoms with Crippen LogP contribution in [0.1, 0.15) is 44.2 Å². The monoisotopic (exact) mass is 314 g/mol. The highest BCUT2D eigenvalue weighted by Gasteiger charge is 2.17. The maximum absolute atomic E-state index is 6.36. The Balaban J connectivity index is 2.00. The molecule has 0 spiro atoms. The first-order chi connectivity index (χ1) is 9.72. The molecular formula is C16H24Cl2N2. The molecule has 0 aliphatic carbocycles. The van der Waals surface area contributed by atoms with Gasteiger partial charge in [0, 0.05) is 6.04 Å². The molecule has 1 aliphatic rings. The van der Waals surface area contributed by atoms with Gasteiger partial charge in [-0.2, -0.15) is 0 Å². The first kappa shape index (κ1) is 16.1. The zero-order valence-electron chi connectivity index (χ0n) is 12.2. The molecule has 1 N–H and O–H groups in total. The van der Waals surface area contributed by atoms with Crippen molar-refractivity contribution in [2.75, 3.05) is 26.2 Å². The van der Waals surface area contributed by atoms with Gasteiger partial charge in [0.25, 0.3) is 0 Å². The van der Waals surface area contributed by atoms with E-state index in [0.29, 0.717) is 10.0 Å². The molecule has 1 aromatic rings. The van der Waals surface area contributed by atoms with Crippen molar-refractivity contribution in [3.8, 4) is 0 Å². The van der Waals surface area contributed by atoms with Crippen molar-refractivity contribution < 1.29 is 0 Å². The number of likely N-dealkylation sites (tertiary alicyclic amines) is 1. The quantitative estimate of drug-likeness (QED) is 0.830. The Labute approximate surface area is 132 Å². The van der Waals surface area contributed by atoms with Crippen molar-refractivity contribution in [2.24, 2.45) is 0 Å². The second kappa shape index (κ2) is 8.23. The highest BCUT2D eigenvalue weighted by molar-refractivity contribution is 6.42. The summed E-state index contributed by atoms with van der Waals surface area (Å²) in [5.74, 6) is 0. The van der Waals surface area contributed by atoms with Gasteiger partial charge in [-0.1, -0.05) is 48.7 Å². The number of hydrogen-bond donors (Lipinski definition) is 1. The molecule has 1 aromatic carbocycles. The molecule has 20 heavy (non-hydrogen) atoms. The van der Waals surface area contributed by atoms with E-state index in [1.54, 1.807) is 0 Å². The average molecular weight is 315 g/mol. The topological polar surface area (TPSA) is 15.3 Å². The third kappa shape index (κ3) is 4.36. The van der Waals surface area contributed by atoms with Crippen LogP contribution in [-0.2, 0) is 0 Å². The summed E-state index contributed by atoms with van der Waals surface area (Å²) in [6.45, 7) is 6.67. The zero-order valence-corrected chi connectivity index (χ0v) is 13.7. The van der Waals surface area contributed by atoms with Crippen LogP contribution in [0, 0.1) is 0 Å². The number of benzene rings is 1. The lowest BCUT2D eigenvalue weighted by molar-refractivity contribution is 0.217. The average Bonchev–Trinajstić information content (AvgIpc) is 2.48. The molecule has 1 heterocycles. The second-order valence-electron chi connectivity index (χ2n) is 5.44. The lowest BCUT2D eigenvalue weighted by Gasteiger charge is -2.29. The summed E-state index contributed by atoms with van der Waals surface area (Å²) >= 11 is 12.5. The molecule has 1 unspecified atom stereocenters. The minimum Gasteiger partial charge on any atom is -0.310 e. The summed E-state index contributed by atoms with van der Waals surface area (Å²) in [5.41, 5.74) is 1.12. The third-order valence-electron chi connectivity index (χ3n) is 3.99. The normalized spacial score (nSPS) is 18.1. The molecule has 1 fully saturated rings. The van der Waals surface area contributed by atoms with Crippen LogP contribution in [0.15, 0.2) is 18.2 Å². The van der Waals surface area contributed by atoms with Gasteiger partial charge in [0.15, 0.2) is 0 Å². The van der Waals surface area contributed by atoms with Gasteiger partial charge in [-0.05, 0) is 57.1 Å². The van der Waals surface area contributed by atoms with Crippen molar-refractivity contribution in [3.63, 3.8) is 0 Å². The summed E-state index contributed by atoms with van der Waals surface area (Å²) in [5, 5.41) is 4.87. The van der Waals surface area contributed by atoms with Crippen LogP contribution >= 0.6 is 23.2 Å². The van der Waals surface area contributed by atoms with Gasteiger partial charge in [0.05, 0.1) is 10.0 Å². The summed E-state index contributed by atoms with van der Waals surface area (Å²) in [4.78, 5) is 2.56. The molecule has 0 aromatic heterocycles. The van der Waals surface area contributed by atoms with E-state index in [4.69, 9.17) is 23.2 Å². The van der Waals surface area contributed by atoms with Crippen LogP contribution < -0.4 is 5.32 Å². The zero-order chi connectivity index (χ0) is 14.4. The minimum absolute atomic E-state index is 0.285. The molecule has 2 nitrogen and oxygen atoms in total. The molecule has 1 aliphatic heterocycles. The van der Waals surface area contributed by atoms with Gasteiger partial charge in [0.2, 0.25) is 0 Å². The lowest BCUT2D eigenvalue weighted by Crippen LogP contribution is -2.33. The van der Waals surface area contributed by atoms with E-state index >= 15 is 0 Å². The molecule has 0 radical (unpaired) electrons. The molecule has 1 atom stereocenters. The van der Waals surface area contributed by atoms with Crippen molar-refractivity contribution >= 4 is 23.2 Å². The van der Waals surface area contributed by atoms with Crippen LogP contribution in [0.3, 0.4) is 0 Å². The maximum atomic E-state index is 6.36. The molecule has 2 rings (SSSR count). The molecule has 4 heteroatoms. The Morgan fingerprint density at radius 2 is 1.95 bits per heavy atom. The van der Waals surface area contributed by atoms with E-state index in [1.807, 2.05) is 12.1 Å². The van der Waals surface area contributed by atoms with Crippen molar-refractivity contribution in [3.05, 3.63) is 33.8 Å². The summed E-state index contributed by atoms with van der Waals surface area (Å²) in [6, 6.07) is 6.20. The second-order valence-corrected chi connectivity index (χ2v) is 6.23. The predicted molar refractivity (Wildman–Crippen MR) is 87.8 cm³/mol. The van der Waals surface area contributed by atoms with E-state index in [0.717, 1.165) is 25.1 Å². The van der Waals surface area contributed by atoms with Crippen LogP contribution in [0.5, 0.6) is 0 Å². The molecule has 0 saturated carbocycles. The standard InChI is InChI=1S/C16H24Cl2N2/c1-2-19-15(9-12-20-10-4-3-5-11-20)13-7-6-8-14(17)16(13)18/h6-8,15,19H,2-5,9-12H2,1H3. The number of piperidine rings is 1. The SMILES string of the molecule is CCNC(CCN1CCCCC1)c1cccc(Cl)c1Cl. The van der Waals surface area contributed by atoms with Crippen molar-refractivity contribution in [1.29, 1.82) is 0 Å². The molecule has 0 bridgehead atoms. The molecule has 1 saturated heterocycles. The van der Waals surface area contributed by atoms with E-state index < -0.39 is 0 Å². The van der Waals surface area contributed by atoms with Gasteiger partial charge in [-0.25, -0.2) is 0 Å². The van der Waals surface area contributed by atoms with Gasteiger partial charge in [-0.3, -0.25) is 0 Å². The number of nitrogens with zero attached hydrogens (tertiary/aromatic N) is 1. The van der Waals surface area contributed by atoms with Gasteiger partial charge < -0.3 is 10.2 Å². The number of hydrogen-bond acceptors (Lipinski definition) is 2. The van der Waals surface area contributed by atoms with E-state index in [1.165, 1.54) is 32.4 Å². The number of rotatable bonds is 6. The highest BCUT2D eigenvalue weighted by atomic mass is 35.5. The number of halogens is 2. The Hall–Kier alpha value is -0.280. The number of nitrogens with one attached hydrogen (secondary N) is 1. The Morgan fingerprint density at radius 1 is 1.20 bits per heavy atom. The fourth-order valence-electron chi connectivity index (χ4n) is 2.90. The van der Waals surface area contributed by atoms with Crippen LogP contribution in [0.4, 0.5) is 0 Å². The Morgan fingerprint density at radius 3 is 2.65 bits per heavy atom. The van der Waals surface area contributed by atoms with Crippen molar-refractivity contribution in [1.82, 2.24) is 10.2 Å². The molecular weight excluding hydrogens is 291 g/mol. The van der Waals surface area contributed by atoms with Gasteiger partial charge in [0.1, 0.15) is 0 Å².